The maximum Gasteiger partial charge on any atom is 0.142 e. The van der Waals surface area contributed by atoms with Crippen LogP contribution in [0.1, 0.15) is 5.82 Å². The van der Waals surface area contributed by atoms with Gasteiger partial charge in [0.1, 0.15) is 11.6 Å². The SMILES string of the molecule is Cn1ccnc1CCNc1cn[nH]c1N. The highest BCUT2D eigenvalue weighted by Crippen LogP contribution is 2.12. The molecule has 0 fully saturated rings. The molecule has 0 aliphatic heterocycles. The van der Waals surface area contributed by atoms with Gasteiger partial charge in [0.25, 0.3) is 0 Å². The van der Waals surface area contributed by atoms with Crippen molar-refractivity contribution < 1.29 is 0 Å². The number of imidazole rings is 1. The van der Waals surface area contributed by atoms with Gasteiger partial charge >= 0.3 is 0 Å². The van der Waals surface area contributed by atoms with Crippen LogP contribution in [0.15, 0.2) is 18.6 Å². The lowest BCUT2D eigenvalue weighted by atomic mass is 10.4. The molecule has 0 saturated heterocycles. The summed E-state index contributed by atoms with van der Waals surface area (Å²) < 4.78 is 2.00. The summed E-state index contributed by atoms with van der Waals surface area (Å²) in [6.45, 7) is 0.786. The minimum atomic E-state index is 0.565. The number of nitrogen functional groups attached to an aromatic ring is 1. The number of nitrogens with two attached hydrogens (primary N) is 1. The fourth-order valence-corrected chi connectivity index (χ4v) is 1.38. The lowest BCUT2D eigenvalue weighted by Gasteiger charge is -2.04. The van der Waals surface area contributed by atoms with Gasteiger partial charge in [-0.2, -0.15) is 5.10 Å². The zero-order valence-electron chi connectivity index (χ0n) is 8.57. The van der Waals surface area contributed by atoms with E-state index in [1.165, 1.54) is 0 Å². The second-order valence-electron chi connectivity index (χ2n) is 3.33. The van der Waals surface area contributed by atoms with Crippen LogP contribution in [0.3, 0.4) is 0 Å². The summed E-state index contributed by atoms with van der Waals surface area (Å²) >= 11 is 0. The minimum absolute atomic E-state index is 0.565. The van der Waals surface area contributed by atoms with Crippen molar-refractivity contribution >= 4 is 11.5 Å². The van der Waals surface area contributed by atoms with Crippen LogP contribution in [-0.2, 0) is 13.5 Å². The molecule has 80 valence electrons. The molecule has 0 aliphatic rings. The van der Waals surface area contributed by atoms with Crippen LogP contribution in [0.2, 0.25) is 0 Å². The van der Waals surface area contributed by atoms with Gasteiger partial charge < -0.3 is 15.6 Å². The number of hydrogen-bond acceptors (Lipinski definition) is 4. The zero-order valence-corrected chi connectivity index (χ0v) is 8.57. The lowest BCUT2D eigenvalue weighted by molar-refractivity contribution is 0.790. The molecule has 6 heteroatoms. The molecule has 0 radical (unpaired) electrons. The molecule has 0 spiro atoms. The van der Waals surface area contributed by atoms with Gasteiger partial charge in [0.15, 0.2) is 0 Å². The van der Waals surface area contributed by atoms with Crippen LogP contribution in [0, 0.1) is 0 Å². The van der Waals surface area contributed by atoms with E-state index in [0.29, 0.717) is 5.82 Å². The summed E-state index contributed by atoms with van der Waals surface area (Å²) in [4.78, 5) is 4.23. The maximum absolute atomic E-state index is 5.63. The van der Waals surface area contributed by atoms with Crippen LogP contribution < -0.4 is 11.1 Å². The van der Waals surface area contributed by atoms with Gasteiger partial charge in [-0.15, -0.1) is 0 Å². The second kappa shape index (κ2) is 4.04. The summed E-state index contributed by atoms with van der Waals surface area (Å²) in [6, 6.07) is 0. The van der Waals surface area contributed by atoms with Gasteiger partial charge in [0, 0.05) is 32.4 Å². The first-order valence-electron chi connectivity index (χ1n) is 4.76. The summed E-state index contributed by atoms with van der Waals surface area (Å²) in [6.07, 6.45) is 6.25. The molecule has 2 heterocycles. The van der Waals surface area contributed by atoms with Crippen molar-refractivity contribution in [3.05, 3.63) is 24.4 Å². The number of nitrogens with one attached hydrogen (secondary N) is 2. The van der Waals surface area contributed by atoms with E-state index >= 15 is 0 Å². The highest BCUT2D eigenvalue weighted by atomic mass is 15.2. The number of H-pyrrole nitrogens is 1. The van der Waals surface area contributed by atoms with Gasteiger partial charge in [0.2, 0.25) is 0 Å². The third-order valence-electron chi connectivity index (χ3n) is 2.25. The summed E-state index contributed by atoms with van der Waals surface area (Å²) in [5, 5.41) is 9.68. The van der Waals surface area contributed by atoms with E-state index in [1.807, 2.05) is 17.8 Å². The van der Waals surface area contributed by atoms with Crippen molar-refractivity contribution in [2.24, 2.45) is 7.05 Å². The predicted molar refractivity (Wildman–Crippen MR) is 58.4 cm³/mol. The summed E-state index contributed by atoms with van der Waals surface area (Å²) in [5.41, 5.74) is 6.47. The molecular formula is C9H14N6. The van der Waals surface area contributed by atoms with Crippen LogP contribution in [0.25, 0.3) is 0 Å². The number of aryl methyl sites for hydroxylation is 1. The third-order valence-corrected chi connectivity index (χ3v) is 2.25. The Morgan fingerprint density at radius 1 is 1.60 bits per heavy atom. The van der Waals surface area contributed by atoms with Crippen molar-refractivity contribution in [1.82, 2.24) is 19.7 Å². The molecule has 0 amide bonds. The molecule has 0 aromatic carbocycles. The first-order chi connectivity index (χ1) is 7.27. The van der Waals surface area contributed by atoms with Crippen LogP contribution in [0.4, 0.5) is 11.5 Å². The smallest absolute Gasteiger partial charge is 0.142 e. The second-order valence-corrected chi connectivity index (χ2v) is 3.33. The van der Waals surface area contributed by atoms with Gasteiger partial charge in [-0.25, -0.2) is 4.98 Å². The van der Waals surface area contributed by atoms with Gasteiger partial charge in [-0.1, -0.05) is 0 Å². The van der Waals surface area contributed by atoms with Gasteiger partial charge in [-0.3, -0.25) is 5.10 Å². The number of aromatic nitrogens is 4. The molecule has 6 nitrogen and oxygen atoms in total. The number of nitrogens with zero attached hydrogens (tertiary/aromatic N) is 3. The van der Waals surface area contributed by atoms with E-state index in [-0.39, 0.29) is 0 Å². The molecule has 2 rings (SSSR count). The van der Waals surface area contributed by atoms with Crippen molar-refractivity contribution in [3.8, 4) is 0 Å². The zero-order chi connectivity index (χ0) is 10.7. The van der Waals surface area contributed by atoms with Gasteiger partial charge in [0.05, 0.1) is 11.9 Å². The molecule has 15 heavy (non-hydrogen) atoms. The molecule has 2 aromatic rings. The summed E-state index contributed by atoms with van der Waals surface area (Å²) in [7, 11) is 1.98. The Morgan fingerprint density at radius 2 is 2.47 bits per heavy atom. The van der Waals surface area contributed by atoms with E-state index in [0.717, 1.165) is 24.5 Å². The highest BCUT2D eigenvalue weighted by molar-refractivity contribution is 5.59. The lowest BCUT2D eigenvalue weighted by Crippen LogP contribution is -2.09. The van der Waals surface area contributed by atoms with E-state index in [4.69, 9.17) is 5.73 Å². The standard InChI is InChI=1S/C9H14N6/c1-15-5-4-12-8(15)2-3-11-7-6-13-14-9(7)10/h4-6,11H,2-3H2,1H3,(H3,10,13,14). The van der Waals surface area contributed by atoms with Crippen molar-refractivity contribution in [3.63, 3.8) is 0 Å². The topological polar surface area (TPSA) is 84.5 Å². The molecule has 0 saturated carbocycles. The highest BCUT2D eigenvalue weighted by Gasteiger charge is 2.01. The molecule has 0 unspecified atom stereocenters. The fraction of sp³-hybridized carbons (Fsp3) is 0.333. The number of anilines is 2. The molecule has 0 aliphatic carbocycles. The molecule has 4 N–H and O–H groups in total. The molecule has 2 aromatic heterocycles. The average Bonchev–Trinajstić information content (AvgIpc) is 2.78. The quantitative estimate of drug-likeness (QED) is 0.675. The van der Waals surface area contributed by atoms with E-state index in [2.05, 4.69) is 20.5 Å². The van der Waals surface area contributed by atoms with Crippen molar-refractivity contribution in [2.45, 2.75) is 6.42 Å². The van der Waals surface area contributed by atoms with E-state index in [9.17, 15) is 0 Å². The predicted octanol–water partition coefficient (Wildman–Crippen LogP) is 0.380. The normalized spacial score (nSPS) is 10.5. The number of rotatable bonds is 4. The van der Waals surface area contributed by atoms with Crippen molar-refractivity contribution in [2.75, 3.05) is 17.6 Å². The van der Waals surface area contributed by atoms with Crippen LogP contribution in [0.5, 0.6) is 0 Å². The Labute approximate surface area is 87.5 Å². The molecule has 0 bridgehead atoms. The third kappa shape index (κ3) is 2.09. The Bertz CT molecular complexity index is 389. The Hall–Kier alpha value is -1.98. The van der Waals surface area contributed by atoms with Crippen LogP contribution >= 0.6 is 0 Å². The first-order valence-corrected chi connectivity index (χ1v) is 4.76. The van der Waals surface area contributed by atoms with Crippen molar-refractivity contribution in [1.29, 1.82) is 0 Å². The minimum Gasteiger partial charge on any atom is -0.382 e. The molecular weight excluding hydrogens is 192 g/mol. The monoisotopic (exact) mass is 206 g/mol. The maximum atomic E-state index is 5.63. The van der Waals surface area contributed by atoms with E-state index in [1.54, 1.807) is 12.4 Å². The van der Waals surface area contributed by atoms with Gasteiger partial charge in [-0.05, 0) is 0 Å². The first kappa shape index (κ1) is 9.57. The number of hydrogen-bond donors (Lipinski definition) is 3. The largest absolute Gasteiger partial charge is 0.382 e. The average molecular weight is 206 g/mol. The Kier molecular flexibility index (Phi) is 2.57. The summed E-state index contributed by atoms with van der Waals surface area (Å²) in [5.74, 6) is 1.61. The van der Waals surface area contributed by atoms with Crippen LogP contribution in [-0.4, -0.2) is 26.3 Å². The number of aromatic amines is 1. The Balaban J connectivity index is 1.86. The Morgan fingerprint density at radius 3 is 3.07 bits per heavy atom. The molecule has 0 atom stereocenters. The fourth-order valence-electron chi connectivity index (χ4n) is 1.38. The van der Waals surface area contributed by atoms with E-state index < -0.39 is 0 Å².